The van der Waals surface area contributed by atoms with Gasteiger partial charge in [0, 0.05) is 11.8 Å². The highest BCUT2D eigenvalue weighted by Gasteiger charge is 2.13. The minimum Gasteiger partial charge on any atom is -0.493 e. The number of hydrogen-bond acceptors (Lipinski definition) is 4. The molecule has 0 aliphatic rings. The van der Waals surface area contributed by atoms with Gasteiger partial charge in [0.05, 0.1) is 22.4 Å². The summed E-state index contributed by atoms with van der Waals surface area (Å²) in [6.45, 7) is 4.42. The molecular formula is C15H16BrNO3S. The molecule has 0 saturated carbocycles. The van der Waals surface area contributed by atoms with Gasteiger partial charge in [0.25, 0.3) is 5.91 Å². The quantitative estimate of drug-likeness (QED) is 0.844. The molecule has 1 aromatic heterocycles. The largest absolute Gasteiger partial charge is 0.493 e. The normalized spacial score (nSPS) is 10.3. The fraction of sp³-hybridized carbons (Fsp3) is 0.267. The smallest absolute Gasteiger partial charge is 0.265 e. The third-order valence-electron chi connectivity index (χ3n) is 2.80. The summed E-state index contributed by atoms with van der Waals surface area (Å²) in [6.07, 6.45) is 0. The second kappa shape index (κ2) is 6.95. The SMILES string of the molecule is CCOc1ccc(NC(=O)c2cc(C)c(Br)s2)cc1OC. The predicted molar refractivity (Wildman–Crippen MR) is 88.9 cm³/mol. The molecule has 21 heavy (non-hydrogen) atoms. The summed E-state index contributed by atoms with van der Waals surface area (Å²) in [5.74, 6) is 1.12. The Labute approximate surface area is 136 Å². The zero-order valence-electron chi connectivity index (χ0n) is 12.0. The second-order valence-electron chi connectivity index (χ2n) is 4.32. The molecule has 0 aliphatic carbocycles. The first-order chi connectivity index (χ1) is 10.0. The van der Waals surface area contributed by atoms with Gasteiger partial charge in [0.2, 0.25) is 0 Å². The maximum atomic E-state index is 12.2. The lowest BCUT2D eigenvalue weighted by Crippen LogP contribution is -2.10. The van der Waals surface area contributed by atoms with Crippen molar-refractivity contribution < 1.29 is 14.3 Å². The number of hydrogen-bond donors (Lipinski definition) is 1. The van der Waals surface area contributed by atoms with E-state index >= 15 is 0 Å². The Morgan fingerprint density at radius 2 is 2.10 bits per heavy atom. The zero-order chi connectivity index (χ0) is 15.4. The van der Waals surface area contributed by atoms with Crippen LogP contribution in [0.2, 0.25) is 0 Å². The Kier molecular flexibility index (Phi) is 5.25. The summed E-state index contributed by atoms with van der Waals surface area (Å²) in [6, 6.07) is 7.18. The minimum atomic E-state index is -0.139. The number of nitrogens with one attached hydrogen (secondary N) is 1. The average molecular weight is 370 g/mol. The minimum absolute atomic E-state index is 0.139. The zero-order valence-corrected chi connectivity index (χ0v) is 14.4. The molecule has 0 radical (unpaired) electrons. The molecule has 2 rings (SSSR count). The van der Waals surface area contributed by atoms with Crippen LogP contribution in [0.15, 0.2) is 28.1 Å². The van der Waals surface area contributed by atoms with Gasteiger partial charge in [-0.25, -0.2) is 0 Å². The molecule has 0 atom stereocenters. The lowest BCUT2D eigenvalue weighted by molar-refractivity contribution is 0.103. The number of amides is 1. The monoisotopic (exact) mass is 369 g/mol. The molecule has 112 valence electrons. The number of methoxy groups -OCH3 is 1. The lowest BCUT2D eigenvalue weighted by atomic mass is 10.2. The summed E-state index contributed by atoms with van der Waals surface area (Å²) in [5, 5.41) is 2.86. The van der Waals surface area contributed by atoms with Crippen molar-refractivity contribution in [1.82, 2.24) is 0 Å². The van der Waals surface area contributed by atoms with Crippen LogP contribution in [0.25, 0.3) is 0 Å². The van der Waals surface area contributed by atoms with E-state index in [1.807, 2.05) is 19.9 Å². The molecule has 0 aliphatic heterocycles. The van der Waals surface area contributed by atoms with Gasteiger partial charge in [-0.05, 0) is 53.5 Å². The molecule has 1 heterocycles. The van der Waals surface area contributed by atoms with Crippen LogP contribution in [0.5, 0.6) is 11.5 Å². The van der Waals surface area contributed by atoms with Crippen LogP contribution in [0.1, 0.15) is 22.2 Å². The number of ether oxygens (including phenoxy) is 2. The Morgan fingerprint density at radius 3 is 2.67 bits per heavy atom. The molecule has 1 amide bonds. The summed E-state index contributed by atoms with van der Waals surface area (Å²) in [7, 11) is 1.57. The van der Waals surface area contributed by atoms with Crippen LogP contribution >= 0.6 is 27.3 Å². The number of halogens is 1. The van der Waals surface area contributed by atoms with E-state index in [0.717, 1.165) is 9.35 Å². The van der Waals surface area contributed by atoms with Crippen molar-refractivity contribution in [2.24, 2.45) is 0 Å². The van der Waals surface area contributed by atoms with Gasteiger partial charge in [-0.2, -0.15) is 0 Å². The number of carbonyl (C=O) groups is 1. The maximum absolute atomic E-state index is 12.2. The first kappa shape index (κ1) is 15.9. The van der Waals surface area contributed by atoms with E-state index in [9.17, 15) is 4.79 Å². The van der Waals surface area contributed by atoms with Crippen LogP contribution in [0.4, 0.5) is 5.69 Å². The van der Waals surface area contributed by atoms with Gasteiger partial charge >= 0.3 is 0 Å². The van der Waals surface area contributed by atoms with E-state index in [0.29, 0.717) is 28.7 Å². The Bertz CT molecular complexity index is 635. The van der Waals surface area contributed by atoms with Gasteiger partial charge in [0.15, 0.2) is 11.5 Å². The van der Waals surface area contributed by atoms with E-state index in [1.54, 1.807) is 25.3 Å². The first-order valence-corrected chi connectivity index (χ1v) is 8.04. The van der Waals surface area contributed by atoms with Gasteiger partial charge in [-0.1, -0.05) is 0 Å². The highest BCUT2D eigenvalue weighted by Crippen LogP contribution is 2.31. The number of thiophene rings is 1. The van der Waals surface area contributed by atoms with Crippen molar-refractivity contribution >= 4 is 38.9 Å². The molecule has 6 heteroatoms. The van der Waals surface area contributed by atoms with Crippen LogP contribution < -0.4 is 14.8 Å². The van der Waals surface area contributed by atoms with Crippen molar-refractivity contribution in [3.05, 3.63) is 38.5 Å². The molecular weight excluding hydrogens is 354 g/mol. The van der Waals surface area contributed by atoms with Crippen LogP contribution in [-0.2, 0) is 0 Å². The number of anilines is 1. The number of rotatable bonds is 5. The van der Waals surface area contributed by atoms with Gasteiger partial charge in [-0.3, -0.25) is 4.79 Å². The van der Waals surface area contributed by atoms with Gasteiger partial charge < -0.3 is 14.8 Å². The summed E-state index contributed by atoms with van der Waals surface area (Å²) in [5.41, 5.74) is 1.72. The van der Waals surface area contributed by atoms with E-state index in [-0.39, 0.29) is 5.91 Å². The molecule has 0 fully saturated rings. The van der Waals surface area contributed by atoms with E-state index in [4.69, 9.17) is 9.47 Å². The van der Waals surface area contributed by atoms with E-state index < -0.39 is 0 Å². The molecule has 0 bridgehead atoms. The fourth-order valence-electron chi connectivity index (χ4n) is 1.78. The first-order valence-electron chi connectivity index (χ1n) is 6.43. The Morgan fingerprint density at radius 1 is 1.33 bits per heavy atom. The highest BCUT2D eigenvalue weighted by atomic mass is 79.9. The third-order valence-corrected chi connectivity index (χ3v) is 4.94. The maximum Gasteiger partial charge on any atom is 0.265 e. The molecule has 1 N–H and O–H groups in total. The van der Waals surface area contributed by atoms with Crippen LogP contribution in [0.3, 0.4) is 0 Å². The Hall–Kier alpha value is -1.53. The molecule has 4 nitrogen and oxygen atoms in total. The van der Waals surface area contributed by atoms with Crippen molar-refractivity contribution in [3.8, 4) is 11.5 Å². The lowest BCUT2D eigenvalue weighted by Gasteiger charge is -2.11. The van der Waals surface area contributed by atoms with Gasteiger partial charge in [0.1, 0.15) is 0 Å². The second-order valence-corrected chi connectivity index (χ2v) is 6.69. The summed E-state index contributed by atoms with van der Waals surface area (Å²) in [4.78, 5) is 12.9. The summed E-state index contributed by atoms with van der Waals surface area (Å²) >= 11 is 4.83. The topological polar surface area (TPSA) is 47.6 Å². The number of benzene rings is 1. The van der Waals surface area contributed by atoms with E-state index in [2.05, 4.69) is 21.2 Å². The van der Waals surface area contributed by atoms with Crippen LogP contribution in [0, 0.1) is 6.92 Å². The number of carbonyl (C=O) groups excluding carboxylic acids is 1. The van der Waals surface area contributed by atoms with E-state index in [1.165, 1.54) is 11.3 Å². The van der Waals surface area contributed by atoms with Crippen molar-refractivity contribution in [3.63, 3.8) is 0 Å². The Balaban J connectivity index is 2.17. The molecule has 2 aromatic rings. The predicted octanol–water partition coefficient (Wildman–Crippen LogP) is 4.48. The van der Waals surface area contributed by atoms with Crippen molar-refractivity contribution in [1.29, 1.82) is 0 Å². The molecule has 0 unspecified atom stereocenters. The number of aryl methyl sites for hydroxylation is 1. The van der Waals surface area contributed by atoms with Gasteiger partial charge in [-0.15, -0.1) is 11.3 Å². The molecule has 0 saturated heterocycles. The van der Waals surface area contributed by atoms with Crippen molar-refractivity contribution in [2.45, 2.75) is 13.8 Å². The average Bonchev–Trinajstić information content (AvgIpc) is 2.80. The van der Waals surface area contributed by atoms with Crippen molar-refractivity contribution in [2.75, 3.05) is 19.0 Å². The molecule has 1 aromatic carbocycles. The fourth-order valence-corrected chi connectivity index (χ4v) is 3.21. The highest BCUT2D eigenvalue weighted by molar-refractivity contribution is 9.11. The standard InChI is InChI=1S/C15H16BrNO3S/c1-4-20-11-6-5-10(8-12(11)19-3)17-15(18)13-7-9(2)14(16)21-13/h5-8H,4H2,1-3H3,(H,17,18). The third kappa shape index (κ3) is 3.77. The van der Waals surface area contributed by atoms with Crippen LogP contribution in [-0.4, -0.2) is 19.6 Å². The molecule has 0 spiro atoms. The summed E-state index contributed by atoms with van der Waals surface area (Å²) < 4.78 is 11.7.